The van der Waals surface area contributed by atoms with E-state index in [0.717, 1.165) is 15.9 Å². The summed E-state index contributed by atoms with van der Waals surface area (Å²) in [4.78, 5) is 8.14. The molecule has 102 valence electrons. The Morgan fingerprint density at radius 3 is 2.75 bits per heavy atom. The predicted molar refractivity (Wildman–Crippen MR) is 78.4 cm³/mol. The van der Waals surface area contributed by atoms with Crippen LogP contribution in [0.5, 0.6) is 5.75 Å². The molecule has 1 aromatic carbocycles. The lowest BCUT2D eigenvalue weighted by Gasteiger charge is -2.15. The number of nitrogens with two attached hydrogens (primary N) is 1. The minimum Gasteiger partial charge on any atom is -0.484 e. The van der Waals surface area contributed by atoms with Crippen molar-refractivity contribution < 1.29 is 4.74 Å². The predicted octanol–water partition coefficient (Wildman–Crippen LogP) is 2.61. The number of aromatic nitrogens is 4. The minimum atomic E-state index is -0.206. The molecule has 0 saturated heterocycles. The molecule has 2 N–H and O–H groups in total. The van der Waals surface area contributed by atoms with Gasteiger partial charge in [-0.1, -0.05) is 15.9 Å². The quantitative estimate of drug-likeness (QED) is 0.797. The maximum atomic E-state index is 5.89. The zero-order valence-electron chi connectivity index (χ0n) is 10.7. The molecule has 0 aliphatic heterocycles. The molecule has 0 spiro atoms. The van der Waals surface area contributed by atoms with Crippen LogP contribution in [0.2, 0.25) is 0 Å². The van der Waals surface area contributed by atoms with Crippen molar-refractivity contribution in [2.24, 2.45) is 0 Å². The van der Waals surface area contributed by atoms with Gasteiger partial charge in [0.1, 0.15) is 11.9 Å². The standard InChI is InChI=1S/C13H12BrN5O/c1-8(20-10-4-2-9(14)3-5-10)11-6-7-16-13-17-12(15)18-19(11)13/h2-8H,1H3,(H2,15,18). The van der Waals surface area contributed by atoms with Gasteiger partial charge < -0.3 is 10.5 Å². The second kappa shape index (κ2) is 5.09. The molecule has 0 aliphatic rings. The highest BCUT2D eigenvalue weighted by Crippen LogP contribution is 2.23. The summed E-state index contributed by atoms with van der Waals surface area (Å²) >= 11 is 3.39. The number of hydrogen-bond acceptors (Lipinski definition) is 5. The first-order valence-corrected chi connectivity index (χ1v) is 6.82. The van der Waals surface area contributed by atoms with Gasteiger partial charge in [-0.2, -0.15) is 9.50 Å². The average molecular weight is 334 g/mol. The minimum absolute atomic E-state index is 0.195. The molecule has 0 radical (unpaired) electrons. The summed E-state index contributed by atoms with van der Waals surface area (Å²) in [6.07, 6.45) is 1.46. The molecule has 0 amide bonds. The molecule has 2 heterocycles. The number of rotatable bonds is 3. The van der Waals surface area contributed by atoms with Gasteiger partial charge in [-0.05, 0) is 37.3 Å². The number of hydrogen-bond donors (Lipinski definition) is 1. The number of ether oxygens (including phenoxy) is 1. The lowest BCUT2D eigenvalue weighted by Crippen LogP contribution is -2.10. The largest absolute Gasteiger partial charge is 0.484 e. The molecule has 0 fully saturated rings. The van der Waals surface area contributed by atoms with Crippen LogP contribution >= 0.6 is 15.9 Å². The van der Waals surface area contributed by atoms with Crippen LogP contribution in [0.25, 0.3) is 5.78 Å². The van der Waals surface area contributed by atoms with Crippen LogP contribution in [-0.2, 0) is 0 Å². The first-order valence-electron chi connectivity index (χ1n) is 6.03. The van der Waals surface area contributed by atoms with Gasteiger partial charge in [0, 0.05) is 10.7 Å². The number of fused-ring (bicyclic) bond motifs is 1. The summed E-state index contributed by atoms with van der Waals surface area (Å²) in [5.41, 5.74) is 6.44. The normalized spacial score (nSPS) is 12.5. The van der Waals surface area contributed by atoms with Gasteiger partial charge in [0.05, 0.1) is 5.69 Å². The molecule has 1 atom stereocenters. The lowest BCUT2D eigenvalue weighted by atomic mass is 10.2. The van der Waals surface area contributed by atoms with Crippen LogP contribution in [0.4, 0.5) is 5.95 Å². The van der Waals surface area contributed by atoms with E-state index in [4.69, 9.17) is 10.5 Å². The molecule has 1 unspecified atom stereocenters. The number of halogens is 1. The number of anilines is 1. The highest BCUT2D eigenvalue weighted by atomic mass is 79.9. The van der Waals surface area contributed by atoms with Gasteiger partial charge in [0.25, 0.3) is 5.78 Å². The Hall–Kier alpha value is -2.15. The summed E-state index contributed by atoms with van der Waals surface area (Å²) in [6.45, 7) is 1.94. The highest BCUT2D eigenvalue weighted by molar-refractivity contribution is 9.10. The first-order chi connectivity index (χ1) is 9.63. The van der Waals surface area contributed by atoms with Gasteiger partial charge in [0.2, 0.25) is 5.95 Å². The van der Waals surface area contributed by atoms with Crippen LogP contribution < -0.4 is 10.5 Å². The van der Waals surface area contributed by atoms with E-state index in [0.29, 0.717) is 5.78 Å². The smallest absolute Gasteiger partial charge is 0.254 e. The molecule has 3 rings (SSSR count). The summed E-state index contributed by atoms with van der Waals surface area (Å²) in [5.74, 6) is 1.44. The Morgan fingerprint density at radius 2 is 2.00 bits per heavy atom. The van der Waals surface area contributed by atoms with Crippen LogP contribution in [0, 0.1) is 0 Å². The molecule has 0 saturated carbocycles. The van der Waals surface area contributed by atoms with E-state index in [2.05, 4.69) is 31.0 Å². The third-order valence-corrected chi connectivity index (χ3v) is 3.36. The van der Waals surface area contributed by atoms with Crippen molar-refractivity contribution in [2.75, 3.05) is 5.73 Å². The van der Waals surface area contributed by atoms with E-state index < -0.39 is 0 Å². The SMILES string of the molecule is CC(Oc1ccc(Br)cc1)c1ccnc2nc(N)nn12. The van der Waals surface area contributed by atoms with E-state index >= 15 is 0 Å². The topological polar surface area (TPSA) is 78.3 Å². The van der Waals surface area contributed by atoms with Gasteiger partial charge in [-0.3, -0.25) is 0 Å². The summed E-state index contributed by atoms with van der Waals surface area (Å²) < 4.78 is 8.50. The molecular formula is C13H12BrN5O. The molecule has 7 heteroatoms. The maximum Gasteiger partial charge on any atom is 0.254 e. The van der Waals surface area contributed by atoms with E-state index in [1.54, 1.807) is 10.7 Å². The Balaban J connectivity index is 1.92. The molecule has 2 aromatic heterocycles. The van der Waals surface area contributed by atoms with Crippen LogP contribution in [-0.4, -0.2) is 19.6 Å². The third-order valence-electron chi connectivity index (χ3n) is 2.83. The fourth-order valence-corrected chi connectivity index (χ4v) is 2.18. The Morgan fingerprint density at radius 1 is 1.25 bits per heavy atom. The van der Waals surface area contributed by atoms with Crippen molar-refractivity contribution >= 4 is 27.7 Å². The van der Waals surface area contributed by atoms with Crippen molar-refractivity contribution in [1.29, 1.82) is 0 Å². The zero-order chi connectivity index (χ0) is 14.1. The number of nitrogens with zero attached hydrogens (tertiary/aromatic N) is 4. The molecule has 6 nitrogen and oxygen atoms in total. The fraction of sp³-hybridized carbons (Fsp3) is 0.154. The van der Waals surface area contributed by atoms with Crippen molar-refractivity contribution in [3.8, 4) is 5.75 Å². The Labute approximate surface area is 123 Å². The molecule has 3 aromatic rings. The number of nitrogen functional groups attached to an aromatic ring is 1. The number of benzene rings is 1. The summed E-state index contributed by atoms with van der Waals surface area (Å²) in [7, 11) is 0. The first kappa shape index (κ1) is 12.9. The fourth-order valence-electron chi connectivity index (χ4n) is 1.91. The second-order valence-electron chi connectivity index (χ2n) is 4.27. The maximum absolute atomic E-state index is 5.89. The van der Waals surface area contributed by atoms with Crippen molar-refractivity contribution in [3.63, 3.8) is 0 Å². The van der Waals surface area contributed by atoms with E-state index in [1.807, 2.05) is 37.3 Å². The van der Waals surface area contributed by atoms with E-state index in [1.165, 1.54) is 0 Å². The van der Waals surface area contributed by atoms with E-state index in [-0.39, 0.29) is 12.1 Å². The van der Waals surface area contributed by atoms with Crippen molar-refractivity contribution in [3.05, 3.63) is 46.7 Å². The molecular weight excluding hydrogens is 322 g/mol. The zero-order valence-corrected chi connectivity index (χ0v) is 12.3. The summed E-state index contributed by atoms with van der Waals surface area (Å²) in [5, 5.41) is 4.12. The molecule has 0 bridgehead atoms. The molecule has 0 aliphatic carbocycles. The van der Waals surface area contributed by atoms with Gasteiger partial charge in [-0.25, -0.2) is 4.98 Å². The Kier molecular flexibility index (Phi) is 3.27. The van der Waals surface area contributed by atoms with Crippen LogP contribution in [0.15, 0.2) is 41.0 Å². The highest BCUT2D eigenvalue weighted by Gasteiger charge is 2.14. The van der Waals surface area contributed by atoms with Gasteiger partial charge in [0.15, 0.2) is 0 Å². The third kappa shape index (κ3) is 2.44. The lowest BCUT2D eigenvalue weighted by molar-refractivity contribution is 0.218. The van der Waals surface area contributed by atoms with Gasteiger partial charge in [-0.15, -0.1) is 5.10 Å². The average Bonchev–Trinajstić information content (AvgIpc) is 2.81. The Bertz CT molecular complexity index is 740. The monoisotopic (exact) mass is 333 g/mol. The molecule has 20 heavy (non-hydrogen) atoms. The van der Waals surface area contributed by atoms with Crippen molar-refractivity contribution in [1.82, 2.24) is 19.6 Å². The van der Waals surface area contributed by atoms with Gasteiger partial charge >= 0.3 is 0 Å². The van der Waals surface area contributed by atoms with Crippen molar-refractivity contribution in [2.45, 2.75) is 13.0 Å². The van der Waals surface area contributed by atoms with Crippen LogP contribution in [0.1, 0.15) is 18.7 Å². The summed E-state index contributed by atoms with van der Waals surface area (Å²) in [6, 6.07) is 9.49. The second-order valence-corrected chi connectivity index (χ2v) is 5.18. The van der Waals surface area contributed by atoms with E-state index in [9.17, 15) is 0 Å². The van der Waals surface area contributed by atoms with Crippen LogP contribution in [0.3, 0.4) is 0 Å².